The van der Waals surface area contributed by atoms with Gasteiger partial charge in [-0.3, -0.25) is 14.2 Å². The molecule has 43 heavy (non-hydrogen) atoms. The Bertz CT molecular complexity index is 1510. The molecule has 3 aromatic rings. The first kappa shape index (κ1) is 31.0. The zero-order valence-electron chi connectivity index (χ0n) is 23.4. The molecule has 0 aliphatic carbocycles. The van der Waals surface area contributed by atoms with Crippen LogP contribution in [0.5, 0.6) is 11.5 Å². The van der Waals surface area contributed by atoms with E-state index < -0.39 is 28.5 Å². The number of halogens is 4. The number of piperidine rings is 1. The number of carbonyl (C=O) groups excluding carboxylic acids is 1. The highest BCUT2D eigenvalue weighted by Crippen LogP contribution is 2.54. The van der Waals surface area contributed by atoms with Crippen molar-refractivity contribution >= 4 is 35.2 Å². The Morgan fingerprint density at radius 2 is 1.84 bits per heavy atom. The maximum absolute atomic E-state index is 14.3. The van der Waals surface area contributed by atoms with Crippen LogP contribution in [-0.2, 0) is 15.8 Å². The number of methoxy groups -OCH3 is 2. The highest BCUT2D eigenvalue weighted by atomic mass is 35.5. The number of ether oxygens (including phenoxy) is 2. The molecule has 230 valence electrons. The molecule has 1 saturated heterocycles. The van der Waals surface area contributed by atoms with Crippen LogP contribution in [0.2, 0.25) is 5.02 Å². The fourth-order valence-corrected chi connectivity index (χ4v) is 7.47. The average Bonchev–Trinajstić information content (AvgIpc) is 3.37. The molecule has 5 rings (SSSR count). The quantitative estimate of drug-likeness (QED) is 0.305. The third-order valence-electron chi connectivity index (χ3n) is 7.81. The zero-order chi connectivity index (χ0) is 30.9. The van der Waals surface area contributed by atoms with Crippen LogP contribution >= 0.6 is 23.4 Å². The van der Waals surface area contributed by atoms with Gasteiger partial charge in [0.2, 0.25) is 11.7 Å². The van der Waals surface area contributed by atoms with Gasteiger partial charge in [0.15, 0.2) is 17.3 Å². The molecule has 1 amide bonds. The molecule has 2 aliphatic rings. The fourth-order valence-electron chi connectivity index (χ4n) is 5.77. The summed E-state index contributed by atoms with van der Waals surface area (Å²) in [5.41, 5.74) is 1.40. The number of para-hydroxylation sites is 1. The van der Waals surface area contributed by atoms with Gasteiger partial charge in [0.1, 0.15) is 0 Å². The number of hydrogen-bond donors (Lipinski definition) is 1. The van der Waals surface area contributed by atoms with Crippen LogP contribution in [0, 0.1) is 5.92 Å². The largest absolute Gasteiger partial charge is 0.493 e. The summed E-state index contributed by atoms with van der Waals surface area (Å²) in [6.45, 7) is 0.882. The lowest BCUT2D eigenvalue weighted by atomic mass is 9.93. The number of nitrogens with zero attached hydrogens (tertiary/aromatic N) is 4. The van der Waals surface area contributed by atoms with Crippen LogP contribution in [0.4, 0.5) is 13.2 Å². The van der Waals surface area contributed by atoms with E-state index in [1.165, 1.54) is 38.1 Å². The van der Waals surface area contributed by atoms with Gasteiger partial charge in [-0.2, -0.15) is 13.2 Å². The minimum atomic E-state index is -4.79. The number of alkyl halides is 3. The topological polar surface area (TPSA) is 107 Å². The summed E-state index contributed by atoms with van der Waals surface area (Å²) in [5, 5.41) is 15.8. The standard InChI is InChI=1S/C29H30ClF3N4O5S/c1-41-21-5-3-4-18(25(21)42-2)26-19-15-17(30)6-7-20(19)37-27(34-35-28(37)29(31,32)33)22(43-26)8-9-23(38)36-12-10-16(11-13-36)14-24(39)40/h3-7,15-16,22,26H,8-14H2,1-2H3,(H,39,40). The Balaban J connectivity index is 1.53. The summed E-state index contributed by atoms with van der Waals surface area (Å²) in [6.07, 6.45) is -3.28. The van der Waals surface area contributed by atoms with Gasteiger partial charge in [0, 0.05) is 36.5 Å². The lowest BCUT2D eigenvalue weighted by molar-refractivity contribution is -0.146. The van der Waals surface area contributed by atoms with E-state index in [0.717, 1.165) is 4.57 Å². The molecule has 2 aliphatic heterocycles. The third-order valence-corrected chi connectivity index (χ3v) is 9.60. The number of aliphatic carboxylic acids is 1. The van der Waals surface area contributed by atoms with Gasteiger partial charge >= 0.3 is 12.1 Å². The monoisotopic (exact) mass is 638 g/mol. The Morgan fingerprint density at radius 3 is 2.49 bits per heavy atom. The molecule has 1 fully saturated rings. The number of carboxylic acids is 1. The van der Waals surface area contributed by atoms with Crippen molar-refractivity contribution in [2.75, 3.05) is 27.3 Å². The first-order chi connectivity index (χ1) is 20.5. The van der Waals surface area contributed by atoms with Crippen molar-refractivity contribution in [1.82, 2.24) is 19.7 Å². The number of carboxylic acid groups (broad SMARTS) is 1. The molecular weight excluding hydrogens is 609 g/mol. The smallest absolute Gasteiger partial charge is 0.452 e. The van der Waals surface area contributed by atoms with Crippen LogP contribution < -0.4 is 9.47 Å². The average molecular weight is 639 g/mol. The maximum Gasteiger partial charge on any atom is 0.452 e. The van der Waals surface area contributed by atoms with Crippen LogP contribution in [0.15, 0.2) is 36.4 Å². The van der Waals surface area contributed by atoms with E-state index in [2.05, 4.69) is 10.2 Å². The number of rotatable bonds is 8. The zero-order valence-corrected chi connectivity index (χ0v) is 25.0. The number of aromatic nitrogens is 3. The van der Waals surface area contributed by atoms with Crippen molar-refractivity contribution in [1.29, 1.82) is 0 Å². The Morgan fingerprint density at radius 1 is 1.09 bits per heavy atom. The Hall–Kier alpha value is -3.45. The maximum atomic E-state index is 14.3. The number of thioether (sulfide) groups is 1. The van der Waals surface area contributed by atoms with E-state index in [9.17, 15) is 22.8 Å². The van der Waals surface area contributed by atoms with Crippen molar-refractivity contribution in [2.24, 2.45) is 5.92 Å². The number of fused-ring (bicyclic) bond motifs is 3. The number of carbonyl (C=O) groups is 2. The molecule has 0 bridgehead atoms. The van der Waals surface area contributed by atoms with E-state index in [-0.39, 0.29) is 42.6 Å². The Labute approximate surface area is 255 Å². The van der Waals surface area contributed by atoms with Crippen molar-refractivity contribution < 1.29 is 37.3 Å². The van der Waals surface area contributed by atoms with Crippen LogP contribution in [0.3, 0.4) is 0 Å². The molecule has 14 heteroatoms. The number of hydrogen-bond acceptors (Lipinski definition) is 7. The SMILES string of the molecule is COc1cccc(C2SC(CCC(=O)N3CCC(CC(=O)O)CC3)c3nnc(C(F)(F)F)n3-c3ccc(Cl)cc32)c1OC. The van der Waals surface area contributed by atoms with Gasteiger partial charge in [-0.1, -0.05) is 23.7 Å². The number of amides is 1. The molecule has 2 atom stereocenters. The third kappa shape index (κ3) is 6.42. The summed E-state index contributed by atoms with van der Waals surface area (Å²) < 4.78 is 55.0. The first-order valence-corrected chi connectivity index (χ1v) is 15.0. The number of benzene rings is 2. The summed E-state index contributed by atoms with van der Waals surface area (Å²) >= 11 is 7.75. The van der Waals surface area contributed by atoms with Gasteiger partial charge in [-0.05, 0) is 55.0 Å². The van der Waals surface area contributed by atoms with Crippen molar-refractivity contribution in [2.45, 2.75) is 48.8 Å². The van der Waals surface area contributed by atoms with Crippen molar-refractivity contribution in [3.8, 4) is 17.2 Å². The van der Waals surface area contributed by atoms with E-state index in [0.29, 0.717) is 53.6 Å². The summed E-state index contributed by atoms with van der Waals surface area (Å²) in [7, 11) is 3.00. The van der Waals surface area contributed by atoms with Gasteiger partial charge < -0.3 is 19.5 Å². The molecule has 1 aromatic heterocycles. The molecule has 0 spiro atoms. The van der Waals surface area contributed by atoms with Gasteiger partial charge in [0.25, 0.3) is 0 Å². The summed E-state index contributed by atoms with van der Waals surface area (Å²) in [5.74, 6) is -1.18. The Kier molecular flexibility index (Phi) is 9.12. The van der Waals surface area contributed by atoms with Crippen molar-refractivity contribution in [3.63, 3.8) is 0 Å². The van der Waals surface area contributed by atoms with Crippen LogP contribution in [0.25, 0.3) is 5.69 Å². The molecule has 2 unspecified atom stereocenters. The number of likely N-dealkylation sites (tertiary alicyclic amines) is 1. The molecule has 0 radical (unpaired) electrons. The normalized spacial score (nSPS) is 18.9. The lowest BCUT2D eigenvalue weighted by Crippen LogP contribution is -2.38. The van der Waals surface area contributed by atoms with Gasteiger partial charge in [-0.25, -0.2) is 0 Å². The van der Waals surface area contributed by atoms with Crippen LogP contribution in [0.1, 0.15) is 65.4 Å². The minimum Gasteiger partial charge on any atom is -0.493 e. The predicted octanol–water partition coefficient (Wildman–Crippen LogP) is 6.33. The van der Waals surface area contributed by atoms with Crippen LogP contribution in [-0.4, -0.2) is 64.0 Å². The second kappa shape index (κ2) is 12.7. The van der Waals surface area contributed by atoms with E-state index in [4.69, 9.17) is 26.2 Å². The second-order valence-electron chi connectivity index (χ2n) is 10.5. The molecular formula is C29H30ClF3N4O5S. The van der Waals surface area contributed by atoms with E-state index in [1.54, 1.807) is 23.1 Å². The molecule has 9 nitrogen and oxygen atoms in total. The summed E-state index contributed by atoms with van der Waals surface area (Å²) in [4.78, 5) is 26.0. The second-order valence-corrected chi connectivity index (χ2v) is 12.2. The molecule has 3 heterocycles. The highest BCUT2D eigenvalue weighted by Gasteiger charge is 2.43. The molecule has 1 N–H and O–H groups in total. The fraction of sp³-hybridized carbons (Fsp3) is 0.448. The lowest BCUT2D eigenvalue weighted by Gasteiger charge is -2.31. The summed E-state index contributed by atoms with van der Waals surface area (Å²) in [6, 6.07) is 10.0. The van der Waals surface area contributed by atoms with E-state index in [1.807, 2.05) is 6.07 Å². The predicted molar refractivity (Wildman–Crippen MR) is 154 cm³/mol. The first-order valence-electron chi connectivity index (χ1n) is 13.7. The van der Waals surface area contributed by atoms with Gasteiger partial charge in [-0.15, -0.1) is 22.0 Å². The van der Waals surface area contributed by atoms with E-state index >= 15 is 0 Å². The molecule has 0 saturated carbocycles. The minimum absolute atomic E-state index is 0.0160. The van der Waals surface area contributed by atoms with Crippen molar-refractivity contribution in [3.05, 3.63) is 64.2 Å². The van der Waals surface area contributed by atoms with Gasteiger partial charge in [0.05, 0.1) is 30.4 Å². The molecule has 2 aromatic carbocycles. The highest BCUT2D eigenvalue weighted by molar-refractivity contribution is 8.00.